The van der Waals surface area contributed by atoms with Gasteiger partial charge in [-0.2, -0.15) is 0 Å². The van der Waals surface area contributed by atoms with Gasteiger partial charge in [0.15, 0.2) is 0 Å². The van der Waals surface area contributed by atoms with Crippen molar-refractivity contribution in [2.24, 2.45) is 11.7 Å². The van der Waals surface area contributed by atoms with Crippen LogP contribution in [0.15, 0.2) is 18.2 Å². The van der Waals surface area contributed by atoms with Gasteiger partial charge in [-0.25, -0.2) is 4.79 Å². The van der Waals surface area contributed by atoms with Crippen LogP contribution in [0.3, 0.4) is 0 Å². The van der Waals surface area contributed by atoms with Gasteiger partial charge in [0, 0.05) is 37.3 Å². The number of carbonyl (C=O) groups excluding carboxylic acids is 2. The Morgan fingerprint density at radius 3 is 3.04 bits per heavy atom. The van der Waals surface area contributed by atoms with Crippen LogP contribution in [0.2, 0.25) is 0 Å². The van der Waals surface area contributed by atoms with Crippen molar-refractivity contribution in [2.75, 3.05) is 19.6 Å². The predicted octanol–water partition coefficient (Wildman–Crippen LogP) is 0.605. The Hall–Kier alpha value is -2.08. The normalized spacial score (nSPS) is 28.5. The van der Waals surface area contributed by atoms with E-state index >= 15 is 0 Å². The number of hydrogen-bond donors (Lipinski definition) is 3. The summed E-state index contributed by atoms with van der Waals surface area (Å²) >= 11 is 0. The van der Waals surface area contributed by atoms with Crippen molar-refractivity contribution in [2.45, 2.75) is 31.3 Å². The highest BCUT2D eigenvalue weighted by Crippen LogP contribution is 2.42. The molecule has 3 aliphatic rings. The second-order valence-corrected chi connectivity index (χ2v) is 7.01. The maximum absolute atomic E-state index is 12.3. The van der Waals surface area contributed by atoms with Crippen LogP contribution in [0.4, 0.5) is 4.79 Å². The number of nitrogens with one attached hydrogen (secondary N) is 2. The molecule has 23 heavy (non-hydrogen) atoms. The third-order valence-electron chi connectivity index (χ3n) is 5.53. The van der Waals surface area contributed by atoms with Crippen molar-refractivity contribution in [3.05, 3.63) is 34.9 Å². The molecule has 0 bridgehead atoms. The van der Waals surface area contributed by atoms with Crippen LogP contribution in [-0.4, -0.2) is 42.0 Å². The van der Waals surface area contributed by atoms with E-state index in [4.69, 9.17) is 5.73 Å². The second-order valence-electron chi connectivity index (χ2n) is 7.01. The molecule has 6 heteroatoms. The van der Waals surface area contributed by atoms with E-state index in [9.17, 15) is 9.59 Å². The average molecular weight is 314 g/mol. The molecule has 1 saturated heterocycles. The van der Waals surface area contributed by atoms with E-state index in [0.29, 0.717) is 25.6 Å². The zero-order valence-corrected chi connectivity index (χ0v) is 13.1. The Morgan fingerprint density at radius 2 is 2.35 bits per heavy atom. The van der Waals surface area contributed by atoms with Crippen LogP contribution < -0.4 is 16.4 Å². The number of rotatable bonds is 2. The summed E-state index contributed by atoms with van der Waals surface area (Å²) in [5, 5.41) is 5.80. The first-order valence-electron chi connectivity index (χ1n) is 8.27. The lowest BCUT2D eigenvalue weighted by atomic mass is 9.70. The van der Waals surface area contributed by atoms with Crippen molar-refractivity contribution in [1.82, 2.24) is 15.5 Å². The summed E-state index contributed by atoms with van der Waals surface area (Å²) < 4.78 is 0. The Labute approximate surface area is 135 Å². The Bertz CT molecular complexity index is 675. The first kappa shape index (κ1) is 14.5. The SMILES string of the molecule is N[C@]12CC[C@H]1CN(C(=O)NCc1ccc3c(c1)C(=O)NCC3)C2. The summed E-state index contributed by atoms with van der Waals surface area (Å²) in [5.74, 6) is 0.432. The number of carbonyl (C=O) groups is 2. The van der Waals surface area contributed by atoms with Crippen molar-refractivity contribution in [3.63, 3.8) is 0 Å². The van der Waals surface area contributed by atoms with Gasteiger partial charge < -0.3 is 21.3 Å². The first-order chi connectivity index (χ1) is 11.0. The summed E-state index contributed by atoms with van der Waals surface area (Å²) in [5.41, 5.74) is 8.86. The third kappa shape index (κ3) is 2.47. The standard InChI is InChI=1S/C17H22N4O2/c18-17-5-3-13(17)9-21(10-17)16(23)20-8-11-1-2-12-4-6-19-15(22)14(12)7-11/h1-2,7,13H,3-6,8-10,18H2,(H,19,22)(H,20,23)/t13-,17-/m0/s1. The molecule has 4 rings (SSSR count). The topological polar surface area (TPSA) is 87.5 Å². The fourth-order valence-corrected chi connectivity index (χ4v) is 3.90. The predicted molar refractivity (Wildman–Crippen MR) is 85.9 cm³/mol. The number of urea groups is 1. The summed E-state index contributed by atoms with van der Waals surface area (Å²) in [7, 11) is 0. The summed E-state index contributed by atoms with van der Waals surface area (Å²) in [4.78, 5) is 26.0. The highest BCUT2D eigenvalue weighted by atomic mass is 16.2. The monoisotopic (exact) mass is 314 g/mol. The molecule has 1 aromatic carbocycles. The zero-order valence-electron chi connectivity index (χ0n) is 13.1. The van der Waals surface area contributed by atoms with Gasteiger partial charge in [0.1, 0.15) is 0 Å². The van der Waals surface area contributed by atoms with E-state index in [-0.39, 0.29) is 17.5 Å². The molecule has 3 amide bonds. The molecule has 1 saturated carbocycles. The molecule has 2 fully saturated rings. The molecule has 0 spiro atoms. The molecule has 6 nitrogen and oxygen atoms in total. The molecule has 1 aliphatic carbocycles. The molecule has 0 unspecified atom stereocenters. The molecule has 1 aromatic rings. The molecule has 2 heterocycles. The molecule has 4 N–H and O–H groups in total. The van der Waals surface area contributed by atoms with Crippen LogP contribution >= 0.6 is 0 Å². The maximum atomic E-state index is 12.3. The lowest BCUT2D eigenvalue weighted by Crippen LogP contribution is -2.55. The van der Waals surface area contributed by atoms with Crippen LogP contribution in [-0.2, 0) is 13.0 Å². The van der Waals surface area contributed by atoms with Crippen molar-refractivity contribution in [3.8, 4) is 0 Å². The lowest BCUT2D eigenvalue weighted by molar-refractivity contribution is 0.0946. The zero-order chi connectivity index (χ0) is 16.0. The quantitative estimate of drug-likeness (QED) is 0.747. The average Bonchev–Trinajstić information content (AvgIpc) is 2.77. The molecular formula is C17H22N4O2. The second kappa shape index (κ2) is 5.23. The number of fused-ring (bicyclic) bond motifs is 2. The van der Waals surface area contributed by atoms with Crippen LogP contribution in [0.1, 0.15) is 34.3 Å². The largest absolute Gasteiger partial charge is 0.352 e. The number of amides is 3. The molecule has 0 radical (unpaired) electrons. The fourth-order valence-electron chi connectivity index (χ4n) is 3.90. The van der Waals surface area contributed by atoms with Crippen molar-refractivity contribution < 1.29 is 9.59 Å². The van der Waals surface area contributed by atoms with Crippen LogP contribution in [0.25, 0.3) is 0 Å². The van der Waals surface area contributed by atoms with Gasteiger partial charge in [-0.3, -0.25) is 4.79 Å². The number of nitrogens with two attached hydrogens (primary N) is 1. The van der Waals surface area contributed by atoms with Crippen LogP contribution in [0, 0.1) is 5.92 Å². The molecule has 0 aromatic heterocycles. The van der Waals surface area contributed by atoms with E-state index in [2.05, 4.69) is 10.6 Å². The van der Waals surface area contributed by atoms with Gasteiger partial charge in [0.05, 0.1) is 0 Å². The van der Waals surface area contributed by atoms with Gasteiger partial charge >= 0.3 is 6.03 Å². The van der Waals surface area contributed by atoms with E-state index in [1.807, 2.05) is 23.1 Å². The molecular weight excluding hydrogens is 292 g/mol. The lowest BCUT2D eigenvalue weighted by Gasteiger charge is -2.39. The minimum absolute atomic E-state index is 0.0272. The minimum Gasteiger partial charge on any atom is -0.352 e. The number of likely N-dealkylation sites (tertiary alicyclic amines) is 1. The third-order valence-corrected chi connectivity index (χ3v) is 5.53. The highest BCUT2D eigenvalue weighted by Gasteiger charge is 2.51. The van der Waals surface area contributed by atoms with Crippen molar-refractivity contribution in [1.29, 1.82) is 0 Å². The van der Waals surface area contributed by atoms with E-state index in [1.165, 1.54) is 0 Å². The fraction of sp³-hybridized carbons (Fsp3) is 0.529. The summed E-state index contributed by atoms with van der Waals surface area (Å²) in [6, 6.07) is 5.78. The minimum atomic E-state index is -0.152. The summed E-state index contributed by atoms with van der Waals surface area (Å²) in [6.45, 7) is 2.53. The summed E-state index contributed by atoms with van der Waals surface area (Å²) in [6.07, 6.45) is 3.00. The van der Waals surface area contributed by atoms with Gasteiger partial charge in [0.25, 0.3) is 5.91 Å². The van der Waals surface area contributed by atoms with E-state index < -0.39 is 0 Å². The number of benzene rings is 1. The Kier molecular flexibility index (Phi) is 3.30. The van der Waals surface area contributed by atoms with Gasteiger partial charge in [-0.1, -0.05) is 12.1 Å². The number of hydrogen-bond acceptors (Lipinski definition) is 3. The first-order valence-corrected chi connectivity index (χ1v) is 8.27. The maximum Gasteiger partial charge on any atom is 0.317 e. The van der Waals surface area contributed by atoms with E-state index in [1.54, 1.807) is 0 Å². The number of nitrogens with zero attached hydrogens (tertiary/aromatic N) is 1. The van der Waals surface area contributed by atoms with Crippen LogP contribution in [0.5, 0.6) is 0 Å². The molecule has 2 atom stereocenters. The van der Waals surface area contributed by atoms with Crippen molar-refractivity contribution >= 4 is 11.9 Å². The van der Waals surface area contributed by atoms with Gasteiger partial charge in [-0.05, 0) is 42.4 Å². The Balaban J connectivity index is 1.39. The smallest absolute Gasteiger partial charge is 0.317 e. The van der Waals surface area contributed by atoms with Gasteiger partial charge in [-0.15, -0.1) is 0 Å². The Morgan fingerprint density at radius 1 is 1.48 bits per heavy atom. The molecule has 2 aliphatic heterocycles. The van der Waals surface area contributed by atoms with E-state index in [0.717, 1.165) is 42.5 Å². The van der Waals surface area contributed by atoms with Gasteiger partial charge in [0.2, 0.25) is 0 Å². The highest BCUT2D eigenvalue weighted by molar-refractivity contribution is 5.96. The molecule has 122 valence electrons.